The molecule has 1 fully saturated rings. The van der Waals surface area contributed by atoms with Gasteiger partial charge in [0, 0.05) is 11.6 Å². The molecule has 0 radical (unpaired) electrons. The third-order valence-electron chi connectivity index (χ3n) is 2.95. The zero-order valence-electron chi connectivity index (χ0n) is 10.5. The van der Waals surface area contributed by atoms with Gasteiger partial charge in [-0.25, -0.2) is 0 Å². The number of morpholine rings is 1. The highest BCUT2D eigenvalue weighted by Crippen LogP contribution is 2.28. The van der Waals surface area contributed by atoms with E-state index in [0.29, 0.717) is 36.1 Å². The molecule has 0 bridgehead atoms. The lowest BCUT2D eigenvalue weighted by atomic mass is 10.0. The number of ether oxygens (including phenoxy) is 2. The second-order valence-corrected chi connectivity index (χ2v) is 4.69. The molecule has 1 aliphatic rings. The van der Waals surface area contributed by atoms with E-state index in [0.717, 1.165) is 5.56 Å². The molecule has 1 aromatic rings. The number of hydrogen-bond acceptors (Lipinski definition) is 4. The van der Waals surface area contributed by atoms with Crippen LogP contribution in [-0.2, 0) is 4.74 Å². The van der Waals surface area contributed by atoms with E-state index < -0.39 is 0 Å². The minimum Gasteiger partial charge on any atom is -0.496 e. The maximum Gasteiger partial charge on any atom is 0.185 e. The second-order valence-electron chi connectivity index (χ2n) is 4.25. The molecule has 1 unspecified atom stereocenters. The molecule has 1 aromatic carbocycles. The zero-order chi connectivity index (χ0) is 13.1. The van der Waals surface area contributed by atoms with Gasteiger partial charge in [-0.1, -0.05) is 11.6 Å². The van der Waals surface area contributed by atoms with E-state index in [1.165, 1.54) is 0 Å². The van der Waals surface area contributed by atoms with Crippen molar-refractivity contribution >= 4 is 17.4 Å². The Labute approximate surface area is 111 Å². The Bertz CT molecular complexity index is 456. The first-order chi connectivity index (χ1) is 8.63. The monoisotopic (exact) mass is 269 g/mol. The highest BCUT2D eigenvalue weighted by molar-refractivity contribution is 6.31. The number of benzene rings is 1. The van der Waals surface area contributed by atoms with Gasteiger partial charge in [0.05, 0.1) is 31.9 Å². The summed E-state index contributed by atoms with van der Waals surface area (Å²) in [5.41, 5.74) is 1.36. The van der Waals surface area contributed by atoms with E-state index in [1.807, 2.05) is 6.92 Å². The van der Waals surface area contributed by atoms with Crippen LogP contribution in [0.3, 0.4) is 0 Å². The average molecular weight is 270 g/mol. The lowest BCUT2D eigenvalue weighted by Crippen LogP contribution is -2.46. The van der Waals surface area contributed by atoms with Crippen molar-refractivity contribution in [1.82, 2.24) is 5.32 Å². The minimum absolute atomic E-state index is 0.0443. The summed E-state index contributed by atoms with van der Waals surface area (Å²) in [5, 5.41) is 3.67. The molecule has 1 saturated heterocycles. The number of carbonyl (C=O) groups excluding carboxylic acids is 1. The summed E-state index contributed by atoms with van der Waals surface area (Å²) in [6.07, 6.45) is 0. The number of nitrogens with one attached hydrogen (secondary N) is 1. The normalized spacial score (nSPS) is 19.6. The van der Waals surface area contributed by atoms with Crippen LogP contribution in [0.4, 0.5) is 0 Å². The molecule has 2 rings (SSSR count). The lowest BCUT2D eigenvalue weighted by Gasteiger charge is -2.23. The van der Waals surface area contributed by atoms with Crippen LogP contribution in [0.1, 0.15) is 15.9 Å². The summed E-state index contributed by atoms with van der Waals surface area (Å²) in [4.78, 5) is 12.4. The summed E-state index contributed by atoms with van der Waals surface area (Å²) < 4.78 is 10.6. The lowest BCUT2D eigenvalue weighted by molar-refractivity contribution is 0.0605. The van der Waals surface area contributed by atoms with E-state index in [2.05, 4.69) is 5.32 Å². The Morgan fingerprint density at radius 3 is 2.94 bits per heavy atom. The van der Waals surface area contributed by atoms with Crippen molar-refractivity contribution in [2.75, 3.05) is 26.9 Å². The van der Waals surface area contributed by atoms with E-state index in [9.17, 15) is 4.79 Å². The first kappa shape index (κ1) is 13.3. The predicted molar refractivity (Wildman–Crippen MR) is 69.7 cm³/mol. The second kappa shape index (κ2) is 5.69. The van der Waals surface area contributed by atoms with Gasteiger partial charge in [0.2, 0.25) is 0 Å². The number of rotatable bonds is 3. The molecule has 0 amide bonds. The van der Waals surface area contributed by atoms with Crippen molar-refractivity contribution < 1.29 is 14.3 Å². The molecular formula is C13H16ClNO3. The number of Topliss-reactive ketones (excluding diaryl/α,β-unsaturated/α-hetero) is 1. The number of halogens is 1. The third-order valence-corrected chi connectivity index (χ3v) is 3.17. The molecule has 18 heavy (non-hydrogen) atoms. The van der Waals surface area contributed by atoms with E-state index in [1.54, 1.807) is 19.2 Å². The maximum atomic E-state index is 12.4. The van der Waals surface area contributed by atoms with Gasteiger partial charge in [0.15, 0.2) is 5.78 Å². The number of hydrogen-bond donors (Lipinski definition) is 1. The molecule has 0 saturated carbocycles. The summed E-state index contributed by atoms with van der Waals surface area (Å²) in [6, 6.07) is 3.10. The smallest absolute Gasteiger partial charge is 0.185 e. The first-order valence-electron chi connectivity index (χ1n) is 5.83. The molecule has 1 atom stereocenters. The molecule has 0 aliphatic carbocycles. The van der Waals surface area contributed by atoms with Crippen molar-refractivity contribution in [2.45, 2.75) is 13.0 Å². The Hall–Kier alpha value is -1.10. The van der Waals surface area contributed by atoms with Gasteiger partial charge in [0.1, 0.15) is 5.75 Å². The summed E-state index contributed by atoms with van der Waals surface area (Å²) in [6.45, 7) is 3.56. The molecule has 0 aromatic heterocycles. The fraction of sp³-hybridized carbons (Fsp3) is 0.462. The first-order valence-corrected chi connectivity index (χ1v) is 6.20. The maximum absolute atomic E-state index is 12.4. The van der Waals surface area contributed by atoms with Crippen molar-refractivity contribution in [3.8, 4) is 5.75 Å². The zero-order valence-corrected chi connectivity index (χ0v) is 11.2. The summed E-state index contributed by atoms with van der Waals surface area (Å²) in [5.74, 6) is 0.536. The van der Waals surface area contributed by atoms with Crippen molar-refractivity contribution in [3.05, 3.63) is 28.3 Å². The molecule has 98 valence electrons. The van der Waals surface area contributed by atoms with Crippen LogP contribution in [-0.4, -0.2) is 38.7 Å². The molecule has 4 nitrogen and oxygen atoms in total. The molecule has 0 spiro atoms. The van der Waals surface area contributed by atoms with Crippen molar-refractivity contribution in [2.24, 2.45) is 0 Å². The number of aryl methyl sites for hydroxylation is 1. The van der Waals surface area contributed by atoms with Gasteiger partial charge >= 0.3 is 0 Å². The Morgan fingerprint density at radius 2 is 2.33 bits per heavy atom. The van der Waals surface area contributed by atoms with Crippen molar-refractivity contribution in [3.63, 3.8) is 0 Å². The van der Waals surface area contributed by atoms with Gasteiger partial charge in [-0.3, -0.25) is 4.79 Å². The highest BCUT2D eigenvalue weighted by atomic mass is 35.5. The van der Waals surface area contributed by atoms with Crippen LogP contribution in [0.5, 0.6) is 5.75 Å². The Balaban J connectivity index is 2.33. The minimum atomic E-state index is -0.328. The molecule has 5 heteroatoms. The van der Waals surface area contributed by atoms with Gasteiger partial charge in [0.25, 0.3) is 0 Å². The standard InChI is InChI=1S/C13H16ClNO3/c1-8-5-9(14)6-10(13(8)17-2)12(16)11-7-18-4-3-15-11/h5-6,11,15H,3-4,7H2,1-2H3. The Kier molecular flexibility index (Phi) is 4.22. The van der Waals surface area contributed by atoms with E-state index in [-0.39, 0.29) is 11.8 Å². The highest BCUT2D eigenvalue weighted by Gasteiger charge is 2.26. The van der Waals surface area contributed by atoms with Crippen molar-refractivity contribution in [1.29, 1.82) is 0 Å². The van der Waals surface area contributed by atoms with Crippen LogP contribution in [0.15, 0.2) is 12.1 Å². The van der Waals surface area contributed by atoms with Crippen LogP contribution in [0.25, 0.3) is 0 Å². The number of ketones is 1. The van der Waals surface area contributed by atoms with Gasteiger partial charge in [-0.15, -0.1) is 0 Å². The van der Waals surface area contributed by atoms with E-state index >= 15 is 0 Å². The predicted octanol–water partition coefficient (Wildman–Crippen LogP) is 1.83. The van der Waals surface area contributed by atoms with E-state index in [4.69, 9.17) is 21.1 Å². The molecule has 1 aliphatic heterocycles. The van der Waals surface area contributed by atoms with Gasteiger partial charge in [-0.2, -0.15) is 0 Å². The quantitative estimate of drug-likeness (QED) is 0.851. The fourth-order valence-electron chi connectivity index (χ4n) is 2.11. The largest absolute Gasteiger partial charge is 0.496 e. The van der Waals surface area contributed by atoms with Gasteiger partial charge < -0.3 is 14.8 Å². The van der Waals surface area contributed by atoms with Crippen LogP contribution >= 0.6 is 11.6 Å². The summed E-state index contributed by atoms with van der Waals surface area (Å²) in [7, 11) is 1.55. The van der Waals surface area contributed by atoms with Crippen LogP contribution in [0, 0.1) is 6.92 Å². The average Bonchev–Trinajstić information content (AvgIpc) is 2.38. The third kappa shape index (κ3) is 2.66. The SMILES string of the molecule is COc1c(C)cc(Cl)cc1C(=O)C1COCCN1. The van der Waals surface area contributed by atoms with Crippen LogP contribution < -0.4 is 10.1 Å². The topological polar surface area (TPSA) is 47.6 Å². The molecular weight excluding hydrogens is 254 g/mol. The molecule has 1 heterocycles. The number of methoxy groups -OCH3 is 1. The fourth-order valence-corrected chi connectivity index (χ4v) is 2.38. The Morgan fingerprint density at radius 1 is 1.56 bits per heavy atom. The summed E-state index contributed by atoms with van der Waals surface area (Å²) >= 11 is 6.00. The van der Waals surface area contributed by atoms with Gasteiger partial charge in [-0.05, 0) is 24.6 Å². The number of carbonyl (C=O) groups is 1. The molecule has 1 N–H and O–H groups in total. The van der Waals surface area contributed by atoms with Crippen LogP contribution in [0.2, 0.25) is 5.02 Å².